The van der Waals surface area contributed by atoms with Crippen LogP contribution >= 0.6 is 0 Å². The van der Waals surface area contributed by atoms with E-state index in [9.17, 15) is 18.3 Å². The molecule has 0 saturated heterocycles. The first-order valence-electron chi connectivity index (χ1n) is 10.1. The van der Waals surface area contributed by atoms with Crippen molar-refractivity contribution >= 4 is 16.3 Å². The van der Waals surface area contributed by atoms with Gasteiger partial charge in [0.15, 0.2) is 12.4 Å². The molecule has 0 aromatic heterocycles. The molecule has 0 fully saturated rings. The SMILES string of the molecule is CN(C)S(=O)(=O)c1ccccc1OC(C=O)CNCC(O)CN1Cc2ccccc2C1. The molecule has 2 aromatic rings. The van der Waals surface area contributed by atoms with Gasteiger partial charge in [-0.3, -0.25) is 9.69 Å². The number of fused-ring (bicyclic) bond motifs is 1. The summed E-state index contributed by atoms with van der Waals surface area (Å²) in [5.41, 5.74) is 2.56. The van der Waals surface area contributed by atoms with Crippen LogP contribution < -0.4 is 10.1 Å². The van der Waals surface area contributed by atoms with Crippen LogP contribution in [-0.2, 0) is 27.9 Å². The molecule has 2 N–H and O–H groups in total. The molecule has 8 nitrogen and oxygen atoms in total. The zero-order chi connectivity index (χ0) is 22.4. The molecule has 1 heterocycles. The highest BCUT2D eigenvalue weighted by molar-refractivity contribution is 7.89. The van der Waals surface area contributed by atoms with Gasteiger partial charge in [0.1, 0.15) is 10.6 Å². The average Bonchev–Trinajstić information content (AvgIpc) is 3.15. The van der Waals surface area contributed by atoms with Crippen LogP contribution in [-0.4, -0.2) is 75.0 Å². The number of hydrogen-bond donors (Lipinski definition) is 2. The number of nitrogens with one attached hydrogen (secondary N) is 1. The summed E-state index contributed by atoms with van der Waals surface area (Å²) in [7, 11) is -0.834. The zero-order valence-electron chi connectivity index (χ0n) is 17.8. The molecule has 168 valence electrons. The minimum absolute atomic E-state index is 0.000448. The lowest BCUT2D eigenvalue weighted by Gasteiger charge is -2.21. The molecule has 1 aliphatic rings. The molecule has 2 unspecified atom stereocenters. The van der Waals surface area contributed by atoms with E-state index in [1.165, 1.54) is 37.4 Å². The van der Waals surface area contributed by atoms with E-state index in [1.54, 1.807) is 12.1 Å². The normalized spacial score (nSPS) is 16.1. The van der Waals surface area contributed by atoms with Gasteiger partial charge in [0.25, 0.3) is 0 Å². The Morgan fingerprint density at radius 2 is 1.71 bits per heavy atom. The van der Waals surface area contributed by atoms with E-state index in [-0.39, 0.29) is 23.7 Å². The number of hydrogen-bond acceptors (Lipinski definition) is 7. The lowest BCUT2D eigenvalue weighted by atomic mass is 10.1. The summed E-state index contributed by atoms with van der Waals surface area (Å²) < 4.78 is 31.7. The van der Waals surface area contributed by atoms with Crippen LogP contribution in [0.1, 0.15) is 11.1 Å². The second-order valence-electron chi connectivity index (χ2n) is 7.78. The molecule has 9 heteroatoms. The maximum atomic E-state index is 12.5. The van der Waals surface area contributed by atoms with Crippen molar-refractivity contribution in [2.24, 2.45) is 0 Å². The van der Waals surface area contributed by atoms with Crippen molar-refractivity contribution in [1.82, 2.24) is 14.5 Å². The highest BCUT2D eigenvalue weighted by Gasteiger charge is 2.24. The molecule has 31 heavy (non-hydrogen) atoms. The second-order valence-corrected chi connectivity index (χ2v) is 9.90. The monoisotopic (exact) mass is 447 g/mol. The van der Waals surface area contributed by atoms with Crippen LogP contribution in [0.2, 0.25) is 0 Å². The highest BCUT2D eigenvalue weighted by Crippen LogP contribution is 2.26. The summed E-state index contributed by atoms with van der Waals surface area (Å²) in [6, 6.07) is 14.4. The Hall–Kier alpha value is -2.30. The van der Waals surface area contributed by atoms with Crippen molar-refractivity contribution in [2.45, 2.75) is 30.2 Å². The van der Waals surface area contributed by atoms with E-state index < -0.39 is 22.2 Å². The predicted octanol–water partition coefficient (Wildman–Crippen LogP) is 0.850. The molecule has 0 spiro atoms. The van der Waals surface area contributed by atoms with Crippen LogP contribution in [0.15, 0.2) is 53.4 Å². The van der Waals surface area contributed by atoms with E-state index in [1.807, 2.05) is 12.1 Å². The van der Waals surface area contributed by atoms with Crippen LogP contribution in [0.3, 0.4) is 0 Å². The lowest BCUT2D eigenvalue weighted by Crippen LogP contribution is -2.40. The van der Waals surface area contributed by atoms with Crippen molar-refractivity contribution in [3.05, 3.63) is 59.7 Å². The number of nitrogens with zero attached hydrogens (tertiary/aromatic N) is 2. The summed E-state index contributed by atoms with van der Waals surface area (Å²) in [4.78, 5) is 13.7. The first-order valence-corrected chi connectivity index (χ1v) is 11.6. The van der Waals surface area contributed by atoms with E-state index in [4.69, 9.17) is 4.74 Å². The van der Waals surface area contributed by atoms with Crippen LogP contribution in [0.5, 0.6) is 5.75 Å². The fourth-order valence-corrected chi connectivity index (χ4v) is 4.54. The quantitative estimate of drug-likeness (QED) is 0.493. The van der Waals surface area contributed by atoms with Crippen LogP contribution in [0, 0.1) is 0 Å². The van der Waals surface area contributed by atoms with Crippen molar-refractivity contribution in [3.63, 3.8) is 0 Å². The van der Waals surface area contributed by atoms with Gasteiger partial charge in [-0.1, -0.05) is 36.4 Å². The summed E-state index contributed by atoms with van der Waals surface area (Å²) >= 11 is 0. The van der Waals surface area contributed by atoms with Gasteiger partial charge in [0.2, 0.25) is 10.0 Å². The maximum Gasteiger partial charge on any atom is 0.246 e. The number of aliphatic hydroxyl groups is 1. The maximum absolute atomic E-state index is 12.5. The van der Waals surface area contributed by atoms with E-state index >= 15 is 0 Å². The first kappa shape index (κ1) is 23.4. The van der Waals surface area contributed by atoms with E-state index in [2.05, 4.69) is 22.3 Å². The lowest BCUT2D eigenvalue weighted by molar-refractivity contribution is -0.113. The third-order valence-corrected chi connectivity index (χ3v) is 6.99. The van der Waals surface area contributed by atoms with Crippen LogP contribution in [0.25, 0.3) is 0 Å². The second kappa shape index (κ2) is 10.3. The Labute approximate surface area is 183 Å². The smallest absolute Gasteiger partial charge is 0.246 e. The minimum atomic E-state index is -3.70. The van der Waals surface area contributed by atoms with Crippen molar-refractivity contribution in [3.8, 4) is 5.75 Å². The third kappa shape index (κ3) is 5.90. The first-order chi connectivity index (χ1) is 14.8. The Morgan fingerprint density at radius 1 is 1.10 bits per heavy atom. The average molecular weight is 448 g/mol. The summed E-state index contributed by atoms with van der Waals surface area (Å²) in [6.45, 7) is 2.57. The number of ether oxygens (including phenoxy) is 1. The molecule has 3 rings (SSSR count). The van der Waals surface area contributed by atoms with Gasteiger partial charge in [0.05, 0.1) is 6.10 Å². The largest absolute Gasteiger partial charge is 0.480 e. The number of β-amino-alcohol motifs (C(OH)–C–C–N with tert-alkyl or cyclic N) is 1. The Bertz CT molecular complexity index is 971. The number of aldehydes is 1. The van der Waals surface area contributed by atoms with E-state index in [0.717, 1.165) is 17.4 Å². The number of benzene rings is 2. The zero-order valence-corrected chi connectivity index (χ0v) is 18.6. The molecule has 2 atom stereocenters. The molecule has 0 amide bonds. The standard InChI is InChI=1S/C22H29N3O5S/c1-24(2)31(28,29)22-10-6-5-9-21(22)30-20(16-26)12-23-11-19(27)15-25-13-17-7-3-4-8-18(17)14-25/h3-10,16,19-20,23,27H,11-15H2,1-2H3. The van der Waals surface area contributed by atoms with Gasteiger partial charge in [0, 0.05) is 46.8 Å². The molecule has 0 radical (unpaired) electrons. The molecular formula is C22H29N3O5S. The van der Waals surface area contributed by atoms with Gasteiger partial charge in [-0.15, -0.1) is 0 Å². The van der Waals surface area contributed by atoms with Crippen molar-refractivity contribution < 1.29 is 23.1 Å². The van der Waals surface area contributed by atoms with Crippen LogP contribution in [0.4, 0.5) is 0 Å². The van der Waals surface area contributed by atoms with Gasteiger partial charge in [-0.05, 0) is 23.3 Å². The molecule has 0 saturated carbocycles. The summed E-state index contributed by atoms with van der Waals surface area (Å²) in [6.07, 6.45) is -0.875. The molecular weight excluding hydrogens is 418 g/mol. The molecule has 2 aromatic carbocycles. The topological polar surface area (TPSA) is 99.2 Å². The molecule has 0 aliphatic carbocycles. The fourth-order valence-electron chi connectivity index (χ4n) is 3.53. The van der Waals surface area contributed by atoms with Gasteiger partial charge in [-0.2, -0.15) is 0 Å². The Balaban J connectivity index is 1.50. The molecule has 1 aliphatic heterocycles. The number of aliphatic hydroxyl groups excluding tert-OH is 1. The van der Waals surface area contributed by atoms with Gasteiger partial charge in [-0.25, -0.2) is 12.7 Å². The number of sulfonamides is 1. The van der Waals surface area contributed by atoms with E-state index in [0.29, 0.717) is 12.8 Å². The Morgan fingerprint density at radius 3 is 2.32 bits per heavy atom. The number of para-hydroxylation sites is 1. The van der Waals surface area contributed by atoms with Gasteiger partial charge >= 0.3 is 0 Å². The Kier molecular flexibility index (Phi) is 7.79. The predicted molar refractivity (Wildman–Crippen MR) is 117 cm³/mol. The fraction of sp³-hybridized carbons (Fsp3) is 0.409. The van der Waals surface area contributed by atoms with Gasteiger partial charge < -0.3 is 15.2 Å². The summed E-state index contributed by atoms with van der Waals surface area (Å²) in [5.74, 6) is 0.116. The molecule has 0 bridgehead atoms. The number of rotatable bonds is 11. The number of carbonyl (C=O) groups is 1. The minimum Gasteiger partial charge on any atom is -0.480 e. The highest BCUT2D eigenvalue weighted by atomic mass is 32.2. The summed E-state index contributed by atoms with van der Waals surface area (Å²) in [5, 5.41) is 13.4. The third-order valence-electron chi connectivity index (χ3n) is 5.14. The number of carbonyl (C=O) groups excluding carboxylic acids is 1. The van der Waals surface area contributed by atoms with Crippen molar-refractivity contribution in [1.29, 1.82) is 0 Å². The van der Waals surface area contributed by atoms with Crippen molar-refractivity contribution in [2.75, 3.05) is 33.7 Å².